The summed E-state index contributed by atoms with van der Waals surface area (Å²) in [6, 6.07) is 2.76. The molecule has 1 aromatic heterocycles. The van der Waals surface area contributed by atoms with Gasteiger partial charge in [-0.25, -0.2) is 9.97 Å². The number of hydrogen-bond acceptors (Lipinski definition) is 5. The Morgan fingerprint density at radius 2 is 1.95 bits per heavy atom. The third-order valence-corrected chi connectivity index (χ3v) is 3.54. The smallest absolute Gasteiger partial charge is 0.132 e. The molecule has 106 valence electrons. The quantitative estimate of drug-likeness (QED) is 0.760. The molecule has 0 saturated heterocycles. The first-order chi connectivity index (χ1) is 9.17. The van der Waals surface area contributed by atoms with Crippen LogP contribution in [0.4, 0.5) is 11.6 Å². The van der Waals surface area contributed by atoms with Crippen molar-refractivity contribution in [3.05, 3.63) is 11.9 Å². The van der Waals surface area contributed by atoms with Crippen LogP contribution in [-0.2, 0) is 0 Å². The van der Waals surface area contributed by atoms with Gasteiger partial charge in [0.1, 0.15) is 17.5 Å². The molecule has 1 unspecified atom stereocenters. The lowest BCUT2D eigenvalue weighted by molar-refractivity contribution is 0.461. The molecule has 0 radical (unpaired) electrons. The summed E-state index contributed by atoms with van der Waals surface area (Å²) in [7, 11) is 0. The molecular formula is C14H25N5. The van der Waals surface area contributed by atoms with Crippen LogP contribution >= 0.6 is 0 Å². The second kappa shape index (κ2) is 6.70. The number of aryl methyl sites for hydroxylation is 1. The fourth-order valence-electron chi connectivity index (χ4n) is 2.48. The topological polar surface area (TPSA) is 75.9 Å². The highest BCUT2D eigenvalue weighted by Gasteiger charge is 2.14. The van der Waals surface area contributed by atoms with Crippen molar-refractivity contribution in [3.63, 3.8) is 0 Å². The standard InChI is InChI=1S/C14H25N5/c1-10(9-15)16-13-8-14(18-11(2)17-13)19-12-6-4-3-5-7-12/h8,10,12H,3-7,9,15H2,1-2H3,(H2,16,17,18,19). The number of rotatable bonds is 5. The van der Waals surface area contributed by atoms with Crippen LogP contribution in [0.25, 0.3) is 0 Å². The Balaban J connectivity index is 2.03. The van der Waals surface area contributed by atoms with Crippen LogP contribution in [0.1, 0.15) is 44.9 Å². The summed E-state index contributed by atoms with van der Waals surface area (Å²) in [5, 5.41) is 6.82. The molecule has 19 heavy (non-hydrogen) atoms. The fraction of sp³-hybridized carbons (Fsp3) is 0.714. The molecule has 0 bridgehead atoms. The molecule has 1 aliphatic rings. The maximum atomic E-state index is 5.62. The largest absolute Gasteiger partial charge is 0.367 e. The number of nitrogens with zero attached hydrogens (tertiary/aromatic N) is 2. The first-order valence-corrected chi connectivity index (χ1v) is 7.26. The van der Waals surface area contributed by atoms with Crippen molar-refractivity contribution in [3.8, 4) is 0 Å². The van der Waals surface area contributed by atoms with E-state index < -0.39 is 0 Å². The van der Waals surface area contributed by atoms with Crippen molar-refractivity contribution in [2.75, 3.05) is 17.2 Å². The van der Waals surface area contributed by atoms with Crippen LogP contribution in [0.15, 0.2) is 6.07 Å². The Labute approximate surface area is 115 Å². The van der Waals surface area contributed by atoms with Gasteiger partial charge in [-0.3, -0.25) is 0 Å². The number of nitrogens with two attached hydrogens (primary N) is 1. The monoisotopic (exact) mass is 263 g/mol. The van der Waals surface area contributed by atoms with Crippen LogP contribution in [0.2, 0.25) is 0 Å². The van der Waals surface area contributed by atoms with E-state index in [0.29, 0.717) is 12.6 Å². The van der Waals surface area contributed by atoms with Crippen LogP contribution in [0.5, 0.6) is 0 Å². The van der Waals surface area contributed by atoms with Gasteiger partial charge in [0.2, 0.25) is 0 Å². The average Bonchev–Trinajstić information content (AvgIpc) is 2.39. The summed E-state index contributed by atoms with van der Waals surface area (Å²) >= 11 is 0. The van der Waals surface area contributed by atoms with Gasteiger partial charge in [0.25, 0.3) is 0 Å². The van der Waals surface area contributed by atoms with Crippen LogP contribution in [0, 0.1) is 6.92 Å². The van der Waals surface area contributed by atoms with E-state index in [9.17, 15) is 0 Å². The minimum absolute atomic E-state index is 0.219. The maximum Gasteiger partial charge on any atom is 0.132 e. The van der Waals surface area contributed by atoms with Crippen LogP contribution in [-0.4, -0.2) is 28.6 Å². The van der Waals surface area contributed by atoms with Crippen molar-refractivity contribution >= 4 is 11.6 Å². The number of anilines is 2. The zero-order valence-electron chi connectivity index (χ0n) is 11.9. The molecule has 4 N–H and O–H groups in total. The van der Waals surface area contributed by atoms with Gasteiger partial charge in [-0.05, 0) is 26.7 Å². The first-order valence-electron chi connectivity index (χ1n) is 7.26. The zero-order chi connectivity index (χ0) is 13.7. The van der Waals surface area contributed by atoms with Gasteiger partial charge in [0.05, 0.1) is 0 Å². The number of aromatic nitrogens is 2. The minimum Gasteiger partial charge on any atom is -0.367 e. The normalized spacial score (nSPS) is 18.1. The number of hydrogen-bond donors (Lipinski definition) is 3. The van der Waals surface area contributed by atoms with E-state index in [4.69, 9.17) is 5.73 Å². The average molecular weight is 263 g/mol. The van der Waals surface area contributed by atoms with Gasteiger partial charge in [0, 0.05) is 24.7 Å². The molecule has 1 aliphatic carbocycles. The summed E-state index contributed by atoms with van der Waals surface area (Å²) in [4.78, 5) is 8.86. The number of nitrogens with one attached hydrogen (secondary N) is 2. The minimum atomic E-state index is 0.219. The highest BCUT2D eigenvalue weighted by molar-refractivity contribution is 5.48. The van der Waals surface area contributed by atoms with Gasteiger partial charge in [-0.2, -0.15) is 0 Å². The van der Waals surface area contributed by atoms with Crippen LogP contribution in [0.3, 0.4) is 0 Å². The molecule has 0 aromatic carbocycles. The predicted octanol–water partition coefficient (Wildman–Crippen LogP) is 2.29. The SMILES string of the molecule is Cc1nc(NC(C)CN)cc(NC2CCCCC2)n1. The van der Waals surface area contributed by atoms with Crippen LogP contribution < -0.4 is 16.4 Å². The highest BCUT2D eigenvalue weighted by atomic mass is 15.1. The van der Waals surface area contributed by atoms with E-state index in [-0.39, 0.29) is 6.04 Å². The highest BCUT2D eigenvalue weighted by Crippen LogP contribution is 2.21. The lowest BCUT2D eigenvalue weighted by atomic mass is 9.95. The molecule has 0 amide bonds. The van der Waals surface area contributed by atoms with E-state index in [1.54, 1.807) is 0 Å². The Morgan fingerprint density at radius 1 is 1.26 bits per heavy atom. The fourth-order valence-corrected chi connectivity index (χ4v) is 2.48. The molecule has 2 rings (SSSR count). The second-order valence-corrected chi connectivity index (χ2v) is 5.45. The van der Waals surface area contributed by atoms with E-state index in [2.05, 4.69) is 20.6 Å². The Morgan fingerprint density at radius 3 is 2.63 bits per heavy atom. The second-order valence-electron chi connectivity index (χ2n) is 5.45. The lowest BCUT2D eigenvalue weighted by Gasteiger charge is -2.23. The predicted molar refractivity (Wildman–Crippen MR) is 79.4 cm³/mol. The Bertz CT molecular complexity index is 401. The molecule has 1 atom stereocenters. The summed E-state index contributed by atoms with van der Waals surface area (Å²) in [5.41, 5.74) is 5.62. The van der Waals surface area contributed by atoms with Crippen molar-refractivity contribution in [2.45, 2.75) is 58.0 Å². The van der Waals surface area contributed by atoms with Gasteiger partial charge < -0.3 is 16.4 Å². The lowest BCUT2D eigenvalue weighted by Crippen LogP contribution is -2.26. The van der Waals surface area contributed by atoms with E-state index >= 15 is 0 Å². The van der Waals surface area contributed by atoms with Crippen molar-refractivity contribution < 1.29 is 0 Å². The molecular weight excluding hydrogens is 238 g/mol. The molecule has 1 fully saturated rings. The summed E-state index contributed by atoms with van der Waals surface area (Å²) in [5.74, 6) is 2.56. The molecule has 0 spiro atoms. The summed E-state index contributed by atoms with van der Waals surface area (Å²) in [6.45, 7) is 4.56. The third kappa shape index (κ3) is 4.35. The molecule has 5 nitrogen and oxygen atoms in total. The summed E-state index contributed by atoms with van der Waals surface area (Å²) in [6.07, 6.45) is 6.48. The molecule has 0 aliphatic heterocycles. The Hall–Kier alpha value is -1.36. The van der Waals surface area contributed by atoms with Crippen molar-refractivity contribution in [2.24, 2.45) is 5.73 Å². The molecule has 1 aromatic rings. The van der Waals surface area contributed by atoms with Crippen molar-refractivity contribution in [1.82, 2.24) is 9.97 Å². The maximum absolute atomic E-state index is 5.62. The summed E-state index contributed by atoms with van der Waals surface area (Å²) < 4.78 is 0. The van der Waals surface area contributed by atoms with E-state index in [1.165, 1.54) is 32.1 Å². The molecule has 1 heterocycles. The van der Waals surface area contributed by atoms with Crippen molar-refractivity contribution in [1.29, 1.82) is 0 Å². The van der Waals surface area contributed by atoms with Gasteiger partial charge >= 0.3 is 0 Å². The Kier molecular flexibility index (Phi) is 4.96. The van der Waals surface area contributed by atoms with Gasteiger partial charge in [0.15, 0.2) is 0 Å². The third-order valence-electron chi connectivity index (χ3n) is 3.54. The first kappa shape index (κ1) is 14.1. The van der Waals surface area contributed by atoms with Gasteiger partial charge in [-0.1, -0.05) is 19.3 Å². The zero-order valence-corrected chi connectivity index (χ0v) is 11.9. The molecule has 1 saturated carbocycles. The van der Waals surface area contributed by atoms with Gasteiger partial charge in [-0.15, -0.1) is 0 Å². The van der Waals surface area contributed by atoms with E-state index in [1.807, 2.05) is 19.9 Å². The van der Waals surface area contributed by atoms with E-state index in [0.717, 1.165) is 17.5 Å². The molecule has 5 heteroatoms.